The number of benzene rings is 5. The van der Waals surface area contributed by atoms with Gasteiger partial charge < -0.3 is 4.74 Å². The fourth-order valence-electron chi connectivity index (χ4n) is 4.11. The minimum atomic E-state index is -2.23. The zero-order chi connectivity index (χ0) is 30.0. The standard InChI is InChI=1S/C32H19F6O2S2/c1-40-19-7-12-22(13-8-19)42(32-29(37)27(35)26(34)28(36)30(32)38)23-14-9-20(10-15-23)41-21-11-16-25(33)24(17-21)31(39)18-5-3-2-4-6-18/h2-17H,1H3/q+1. The van der Waals surface area contributed by atoms with E-state index in [9.17, 15) is 31.1 Å². The summed E-state index contributed by atoms with van der Waals surface area (Å²) in [6.07, 6.45) is 0. The molecule has 0 aliphatic carbocycles. The van der Waals surface area contributed by atoms with Gasteiger partial charge in [-0.2, -0.15) is 8.78 Å². The summed E-state index contributed by atoms with van der Waals surface area (Å²) in [7, 11) is -0.294. The van der Waals surface area contributed by atoms with Crippen LogP contribution in [-0.2, 0) is 10.9 Å². The Labute approximate surface area is 244 Å². The molecule has 212 valence electrons. The molecule has 1 unspecified atom stereocenters. The molecule has 1 atom stereocenters. The summed E-state index contributed by atoms with van der Waals surface area (Å²) in [5.41, 5.74) is 0.233. The molecule has 0 saturated carbocycles. The van der Waals surface area contributed by atoms with Gasteiger partial charge in [0.05, 0.1) is 12.7 Å². The van der Waals surface area contributed by atoms with Gasteiger partial charge in [-0.25, -0.2) is 17.6 Å². The summed E-state index contributed by atoms with van der Waals surface area (Å²) < 4.78 is 91.9. The monoisotopic (exact) mass is 613 g/mol. The summed E-state index contributed by atoms with van der Waals surface area (Å²) >= 11 is 1.20. The van der Waals surface area contributed by atoms with Crippen molar-refractivity contribution in [2.75, 3.05) is 7.11 Å². The molecular weight excluding hydrogens is 594 g/mol. The van der Waals surface area contributed by atoms with Crippen LogP contribution in [0.5, 0.6) is 5.75 Å². The van der Waals surface area contributed by atoms with E-state index in [0.717, 1.165) is 0 Å². The quantitative estimate of drug-likeness (QED) is 0.0575. The Hall–Kier alpha value is -4.15. The molecule has 0 spiro atoms. The number of hydrogen-bond donors (Lipinski definition) is 0. The first kappa shape index (κ1) is 29.3. The fourth-order valence-corrected chi connectivity index (χ4v) is 7.07. The second-order valence-electron chi connectivity index (χ2n) is 8.79. The van der Waals surface area contributed by atoms with Crippen molar-refractivity contribution in [3.8, 4) is 5.75 Å². The van der Waals surface area contributed by atoms with E-state index in [1.165, 1.54) is 73.5 Å². The van der Waals surface area contributed by atoms with Crippen molar-refractivity contribution in [3.63, 3.8) is 0 Å². The molecule has 0 radical (unpaired) electrons. The number of halogens is 6. The lowest BCUT2D eigenvalue weighted by molar-refractivity contribution is 0.103. The molecule has 0 aliphatic rings. The second kappa shape index (κ2) is 12.4. The maximum Gasteiger partial charge on any atom is 0.243 e. The number of hydrogen-bond acceptors (Lipinski definition) is 3. The van der Waals surface area contributed by atoms with Crippen molar-refractivity contribution in [1.29, 1.82) is 0 Å². The van der Waals surface area contributed by atoms with Crippen molar-refractivity contribution in [3.05, 3.63) is 143 Å². The van der Waals surface area contributed by atoms with Crippen molar-refractivity contribution in [2.24, 2.45) is 0 Å². The van der Waals surface area contributed by atoms with Gasteiger partial charge in [-0.15, -0.1) is 0 Å². The maximum atomic E-state index is 15.0. The van der Waals surface area contributed by atoms with E-state index < -0.39 is 56.5 Å². The predicted octanol–water partition coefficient (Wildman–Crippen LogP) is 9.01. The van der Waals surface area contributed by atoms with Crippen molar-refractivity contribution < 1.29 is 35.9 Å². The Balaban J connectivity index is 1.51. The van der Waals surface area contributed by atoms with Crippen LogP contribution >= 0.6 is 11.8 Å². The fraction of sp³-hybridized carbons (Fsp3) is 0.0312. The molecule has 5 aromatic carbocycles. The minimum absolute atomic E-state index is 0.102. The number of ketones is 1. The Morgan fingerprint density at radius 2 is 1.17 bits per heavy atom. The lowest BCUT2D eigenvalue weighted by Gasteiger charge is -2.12. The van der Waals surface area contributed by atoms with E-state index >= 15 is 0 Å². The van der Waals surface area contributed by atoms with E-state index in [1.54, 1.807) is 42.5 Å². The van der Waals surface area contributed by atoms with E-state index in [-0.39, 0.29) is 10.5 Å². The summed E-state index contributed by atoms with van der Waals surface area (Å²) in [5, 5.41) is 0. The maximum absolute atomic E-state index is 15.0. The first-order valence-electron chi connectivity index (χ1n) is 12.3. The van der Waals surface area contributed by atoms with Crippen molar-refractivity contribution in [2.45, 2.75) is 24.5 Å². The summed E-state index contributed by atoms with van der Waals surface area (Å²) in [5.74, 6) is -10.8. The highest BCUT2D eigenvalue weighted by Gasteiger charge is 2.41. The summed E-state index contributed by atoms with van der Waals surface area (Å²) in [4.78, 5) is 13.6. The Kier molecular flexibility index (Phi) is 8.65. The molecule has 0 saturated heterocycles. The van der Waals surface area contributed by atoms with Crippen molar-refractivity contribution in [1.82, 2.24) is 0 Å². The van der Waals surface area contributed by atoms with Gasteiger partial charge in [-0.1, -0.05) is 42.1 Å². The highest BCUT2D eigenvalue weighted by Crippen LogP contribution is 2.39. The van der Waals surface area contributed by atoms with Gasteiger partial charge in [0.25, 0.3) is 0 Å². The average Bonchev–Trinajstić information content (AvgIpc) is 3.03. The minimum Gasteiger partial charge on any atom is -0.497 e. The van der Waals surface area contributed by atoms with E-state index in [2.05, 4.69) is 0 Å². The Bertz CT molecular complexity index is 1730. The van der Waals surface area contributed by atoms with Crippen LogP contribution in [0.1, 0.15) is 15.9 Å². The van der Waals surface area contributed by atoms with Crippen LogP contribution in [0.3, 0.4) is 0 Å². The first-order valence-corrected chi connectivity index (χ1v) is 14.3. The zero-order valence-electron chi connectivity index (χ0n) is 21.6. The van der Waals surface area contributed by atoms with Crippen LogP contribution in [0.15, 0.2) is 122 Å². The molecule has 0 N–H and O–H groups in total. The molecule has 10 heteroatoms. The van der Waals surface area contributed by atoms with Gasteiger partial charge in [0.1, 0.15) is 22.5 Å². The van der Waals surface area contributed by atoms with E-state index in [4.69, 9.17) is 4.74 Å². The molecule has 0 aromatic heterocycles. The molecule has 0 bridgehead atoms. The molecule has 5 rings (SSSR count). The number of carbonyl (C=O) groups excluding carboxylic acids is 1. The molecule has 0 aliphatic heterocycles. The number of ether oxygens (including phenoxy) is 1. The second-order valence-corrected chi connectivity index (χ2v) is 11.9. The third-order valence-corrected chi connectivity index (χ3v) is 9.43. The van der Waals surface area contributed by atoms with Gasteiger partial charge in [0.15, 0.2) is 15.6 Å². The molecule has 0 fully saturated rings. The third-order valence-electron chi connectivity index (χ3n) is 6.18. The van der Waals surface area contributed by atoms with Gasteiger partial charge in [-0.05, 0) is 66.7 Å². The highest BCUT2D eigenvalue weighted by molar-refractivity contribution is 7.99. The lowest BCUT2D eigenvalue weighted by atomic mass is 10.0. The summed E-state index contributed by atoms with van der Waals surface area (Å²) in [6.45, 7) is 0. The van der Waals surface area contributed by atoms with Crippen LogP contribution in [0.4, 0.5) is 26.3 Å². The molecule has 2 nitrogen and oxygen atoms in total. The normalized spacial score (nSPS) is 11.8. The van der Waals surface area contributed by atoms with Crippen LogP contribution in [0.2, 0.25) is 0 Å². The Morgan fingerprint density at radius 3 is 1.74 bits per heavy atom. The molecule has 0 heterocycles. The first-order chi connectivity index (χ1) is 20.2. The zero-order valence-corrected chi connectivity index (χ0v) is 23.3. The van der Waals surface area contributed by atoms with Gasteiger partial charge in [0, 0.05) is 15.4 Å². The van der Waals surface area contributed by atoms with Crippen molar-refractivity contribution >= 4 is 28.4 Å². The molecule has 0 amide bonds. The van der Waals surface area contributed by atoms with Gasteiger partial charge in [0.2, 0.25) is 34.0 Å². The summed E-state index contributed by atoms with van der Waals surface area (Å²) in [6, 6.07) is 24.7. The van der Waals surface area contributed by atoms with E-state index in [0.29, 0.717) is 26.0 Å². The molecular formula is C32H19F6O2S2+. The smallest absolute Gasteiger partial charge is 0.243 e. The Morgan fingerprint density at radius 1 is 0.643 bits per heavy atom. The van der Waals surface area contributed by atoms with Crippen LogP contribution in [0, 0.1) is 34.9 Å². The van der Waals surface area contributed by atoms with Crippen LogP contribution in [0.25, 0.3) is 0 Å². The van der Waals surface area contributed by atoms with E-state index in [1.807, 2.05) is 0 Å². The highest BCUT2D eigenvalue weighted by atomic mass is 32.2. The largest absolute Gasteiger partial charge is 0.497 e. The third kappa shape index (κ3) is 5.77. The lowest BCUT2D eigenvalue weighted by Crippen LogP contribution is -2.14. The SMILES string of the molecule is COc1ccc([S+](c2ccc(Sc3ccc(F)c(C(=O)c4ccccc4)c3)cc2)c2c(F)c(F)c(F)c(F)c2F)cc1. The van der Waals surface area contributed by atoms with Crippen LogP contribution in [-0.4, -0.2) is 12.9 Å². The molecule has 5 aromatic rings. The topological polar surface area (TPSA) is 26.3 Å². The van der Waals surface area contributed by atoms with Gasteiger partial charge in [-0.3, -0.25) is 4.79 Å². The number of carbonyl (C=O) groups is 1. The predicted molar refractivity (Wildman–Crippen MR) is 148 cm³/mol. The number of rotatable bonds is 8. The number of methoxy groups -OCH3 is 1. The van der Waals surface area contributed by atoms with Gasteiger partial charge >= 0.3 is 0 Å². The molecule has 42 heavy (non-hydrogen) atoms. The average molecular weight is 614 g/mol. The van der Waals surface area contributed by atoms with Crippen LogP contribution < -0.4 is 4.74 Å².